The molecule has 8 bridgehead atoms. The Morgan fingerprint density at radius 2 is 0.500 bits per heavy atom. The third-order valence-corrected chi connectivity index (χ3v) is 45.5. The smallest absolute Gasteiger partial charge is 1.00 e. The van der Waals surface area contributed by atoms with Gasteiger partial charge in [-0.1, -0.05) is 0 Å². The Morgan fingerprint density at radius 3 is 0.735 bits per heavy atom. The Morgan fingerprint density at radius 1 is 0.294 bits per heavy atom. The van der Waals surface area contributed by atoms with Crippen molar-refractivity contribution in [3.63, 3.8) is 0 Å². The van der Waals surface area contributed by atoms with Crippen LogP contribution in [0.15, 0.2) is 254 Å². The minimum atomic E-state index is -5.01. The van der Waals surface area contributed by atoms with E-state index in [1.807, 2.05) is 0 Å². The van der Waals surface area contributed by atoms with Crippen molar-refractivity contribution in [3.05, 3.63) is 276 Å². The molecule has 0 aromatic heterocycles. The van der Waals surface area contributed by atoms with Gasteiger partial charge in [0.1, 0.15) is 0 Å². The summed E-state index contributed by atoms with van der Waals surface area (Å²) in [5, 5.41) is 21.5. The van der Waals surface area contributed by atoms with Crippen LogP contribution in [-0.4, -0.2) is 6.88 Å². The first-order chi connectivity index (χ1) is 48.9. The summed E-state index contributed by atoms with van der Waals surface area (Å²) in [5.41, 5.74) is 21.9. The van der Waals surface area contributed by atoms with Gasteiger partial charge < -0.3 is 24.8 Å². The van der Waals surface area contributed by atoms with Crippen LogP contribution >= 0.6 is 0 Å². The van der Waals surface area contributed by atoms with Gasteiger partial charge in [-0.25, -0.2) is 0 Å². The maximum atomic E-state index is 3.09. The van der Waals surface area contributed by atoms with E-state index in [4.69, 9.17) is 0 Å². The molecule has 2 unspecified atom stereocenters. The first-order valence-corrected chi connectivity index (χ1v) is 52.0. The fraction of sp³-hybridized carbons (Fsp3) is 0.265. The van der Waals surface area contributed by atoms with Crippen LogP contribution in [0.5, 0.6) is 0 Å². The van der Waals surface area contributed by atoms with Crippen molar-refractivity contribution in [1.29, 1.82) is 0 Å². The van der Waals surface area contributed by atoms with Crippen molar-refractivity contribution in [2.75, 3.05) is 0 Å². The second kappa shape index (κ2) is 23.4. The molecule has 0 nitrogen and oxygen atoms in total. The molecule has 8 saturated carbocycles. The Balaban J connectivity index is 0.00000349. The van der Waals surface area contributed by atoms with Gasteiger partial charge in [0.2, 0.25) is 0 Å². The van der Waals surface area contributed by atoms with Gasteiger partial charge in [-0.2, -0.15) is 0 Å². The van der Waals surface area contributed by atoms with Crippen molar-refractivity contribution in [2.45, 2.75) is 106 Å². The molecule has 0 spiro atoms. The zero-order chi connectivity index (χ0) is 66.0. The second-order valence-corrected chi connectivity index (χ2v) is 65.7. The van der Waals surface area contributed by atoms with Gasteiger partial charge in [-0.05, 0) is 0 Å². The summed E-state index contributed by atoms with van der Waals surface area (Å²) >= 11 is -5.01. The van der Waals surface area contributed by atoms with E-state index >= 15 is 0 Å². The Hall–Kier alpha value is -7.68. The maximum absolute atomic E-state index is 5.01. The van der Waals surface area contributed by atoms with Gasteiger partial charge in [0.15, 0.2) is 0 Å². The third kappa shape index (κ3) is 9.66. The van der Waals surface area contributed by atoms with Crippen molar-refractivity contribution in [3.8, 4) is 44.5 Å². The molecule has 0 saturated heterocycles. The van der Waals surface area contributed by atoms with Crippen molar-refractivity contribution in [1.82, 2.24) is 0 Å². The number of fused-ring (bicyclic) bond motifs is 10. The molecule has 10 aliphatic rings. The molecule has 0 amide bonds. The van der Waals surface area contributed by atoms with Crippen molar-refractivity contribution >= 4 is 105 Å². The van der Waals surface area contributed by atoms with Crippen LogP contribution < -0.4 is 24.8 Å². The molecule has 0 heterocycles. The minimum Gasteiger partial charge on any atom is -1.00 e. The molecule has 14 aromatic rings. The summed E-state index contributed by atoms with van der Waals surface area (Å²) in [6.07, 6.45) is 25.5. The van der Waals surface area contributed by atoms with Crippen LogP contribution in [0.1, 0.15) is 119 Å². The molecule has 14 aromatic carbocycles. The Labute approximate surface area is 615 Å². The predicted octanol–water partition coefficient (Wildman–Crippen LogP) is 20.7. The number of rotatable bonds is 10. The fourth-order valence-electron chi connectivity index (χ4n) is 25.7. The molecule has 0 radical (unpaired) electrons. The molecule has 2 atom stereocenters. The van der Waals surface area contributed by atoms with E-state index in [9.17, 15) is 0 Å². The molecule has 0 N–H and O–H groups in total. The molecule has 4 heteroatoms. The van der Waals surface area contributed by atoms with E-state index in [0.717, 1.165) is 35.5 Å². The van der Waals surface area contributed by atoms with Crippen LogP contribution in [0.25, 0.3) is 143 Å². The topological polar surface area (TPSA) is 0 Å². The first kappa shape index (κ1) is 64.0. The average molecular weight is 1450 g/mol. The first-order valence-electron chi connectivity index (χ1n) is 38.4. The fourth-order valence-corrected chi connectivity index (χ4v) is 45.1. The number of hydrogen-bond donors (Lipinski definition) is 0. The molecular formula is C98H86Cl2SiZr-2. The Kier molecular flexibility index (Phi) is 14.7. The van der Waals surface area contributed by atoms with E-state index in [1.54, 1.807) is 22.3 Å². The largest absolute Gasteiger partial charge is 1.00 e. The van der Waals surface area contributed by atoms with Crippen molar-refractivity contribution in [2.24, 2.45) is 46.3 Å². The normalized spacial score (nSPS) is 25.2. The summed E-state index contributed by atoms with van der Waals surface area (Å²) in [4.78, 5) is 0. The van der Waals surface area contributed by atoms with E-state index in [-0.39, 0.29) is 32.1 Å². The van der Waals surface area contributed by atoms with Gasteiger partial charge >= 0.3 is 596 Å². The van der Waals surface area contributed by atoms with Gasteiger partial charge in [-0.3, -0.25) is 0 Å². The zero-order valence-corrected chi connectivity index (χ0v) is 64.1. The zero-order valence-electron chi connectivity index (χ0n) is 58.7. The van der Waals surface area contributed by atoms with E-state index < -0.39 is 17.4 Å². The minimum absolute atomic E-state index is 0. The maximum Gasteiger partial charge on any atom is -1.00 e. The van der Waals surface area contributed by atoms with Crippen LogP contribution in [0, 0.1) is 46.3 Å². The van der Waals surface area contributed by atoms with E-state index in [0.29, 0.717) is 10.8 Å². The van der Waals surface area contributed by atoms with Crippen LogP contribution in [0.2, 0.25) is 9.26 Å². The quantitative estimate of drug-likeness (QED) is 0.0946. The number of allylic oxidation sites excluding steroid dienone is 2. The standard InChI is InChI=1S/2C48H39.2CH3.2ClH.H2Si.Zr/c2*1-5-13-38-34(9-1)24-35-10-2-6-14-39(35)46(38)42-17-18-43(47-40-15-7-3-11-36(40)25-37-12-4-8-16-41(37)47)45-23-33(22-44(42)45)29-48-26-30-19-31(27-48)21-32(20-30)28-48;;;;;;/h2*1-18,22-25,30-32H,19-21,26-29H2;2*1H3;2*1H;1H2;/p-2. The number of halogens is 2. The van der Waals surface area contributed by atoms with Crippen LogP contribution in [0.3, 0.4) is 0 Å². The monoisotopic (exact) mass is 1450 g/mol. The number of hydrogen-bond acceptors (Lipinski definition) is 0. The molecule has 8 fully saturated rings. The van der Waals surface area contributed by atoms with Gasteiger partial charge in [0.25, 0.3) is 0 Å². The van der Waals surface area contributed by atoms with Crippen LogP contribution in [-0.2, 0) is 17.4 Å². The van der Waals surface area contributed by atoms with E-state index in [2.05, 4.69) is 271 Å². The average Bonchev–Trinajstić information content (AvgIpc) is 1.47. The van der Waals surface area contributed by atoms with Gasteiger partial charge in [-0.15, -0.1) is 0 Å². The molecule has 102 heavy (non-hydrogen) atoms. The summed E-state index contributed by atoms with van der Waals surface area (Å²) in [7, 11) is 0. The predicted molar refractivity (Wildman–Crippen MR) is 427 cm³/mol. The summed E-state index contributed by atoms with van der Waals surface area (Å²) < 4.78 is 6.67. The molecule has 24 rings (SSSR count). The molecule has 0 aliphatic heterocycles. The molecular weight excluding hydrogens is 1370 g/mol. The Bertz CT molecular complexity index is 5420. The van der Waals surface area contributed by atoms with E-state index in [1.165, 1.54) is 232 Å². The van der Waals surface area contributed by atoms with Gasteiger partial charge in [0.05, 0.1) is 0 Å². The SMILES string of the molecule is [CH3][Zr]([CH3])(=[SiH2])([CH]1C(CC23CC4CC(CC(C4)C2)C3)=Cc2c(-c3c4ccccc4cc4ccccc34)ccc(-c3c4ccccc4cc4ccccc34)c21)[CH]1C(CC23CC4CC(CC(C4)C2)C3)=Cc2c(-c3c4ccccc4cc4ccccc34)ccc(-c3c4ccccc4cc4ccccc34)c21.[Cl-].[Cl-]. The second-order valence-electron chi connectivity index (χ2n) is 35.2. The summed E-state index contributed by atoms with van der Waals surface area (Å²) in [6, 6.07) is 96.0. The molecule has 502 valence electrons. The third-order valence-electron chi connectivity index (χ3n) is 28.1. The summed E-state index contributed by atoms with van der Waals surface area (Å²) in [6.45, 7) is 2.69. The number of benzene rings is 14. The van der Waals surface area contributed by atoms with Crippen LogP contribution in [0.4, 0.5) is 0 Å². The van der Waals surface area contributed by atoms with Gasteiger partial charge in [0, 0.05) is 0 Å². The van der Waals surface area contributed by atoms with Crippen molar-refractivity contribution < 1.29 is 42.2 Å². The molecule has 10 aliphatic carbocycles. The summed E-state index contributed by atoms with van der Waals surface area (Å²) in [5.74, 6) is 5.15.